The Balaban J connectivity index is 1.75. The topological polar surface area (TPSA) is 100 Å². The molecule has 0 aromatic heterocycles. The number of thioether (sulfide) groups is 1. The number of carbonyl (C=O) groups excluding carboxylic acids is 1. The maximum Gasteiger partial charge on any atom is 0.303 e. The van der Waals surface area contributed by atoms with Crippen LogP contribution in [0.15, 0.2) is 71.8 Å². The van der Waals surface area contributed by atoms with E-state index < -0.39 is 18.3 Å². The predicted molar refractivity (Wildman–Crippen MR) is 165 cm³/mol. The summed E-state index contributed by atoms with van der Waals surface area (Å²) in [4.78, 5) is 21.4. The molecule has 0 radical (unpaired) electrons. The van der Waals surface area contributed by atoms with Gasteiger partial charge in [-0.05, 0) is 56.0 Å². The van der Waals surface area contributed by atoms with Crippen LogP contribution in [0.25, 0.3) is 0 Å². The Hall–Kier alpha value is -2.40. The van der Waals surface area contributed by atoms with Crippen molar-refractivity contribution < 1.29 is 19.5 Å². The van der Waals surface area contributed by atoms with Gasteiger partial charge < -0.3 is 25.3 Å². The van der Waals surface area contributed by atoms with Crippen LogP contribution >= 0.6 is 11.8 Å². The van der Waals surface area contributed by atoms with E-state index in [1.807, 2.05) is 47.6 Å². The minimum absolute atomic E-state index is 0.00702. The van der Waals surface area contributed by atoms with E-state index in [-0.39, 0.29) is 6.04 Å². The number of nitrogens with zero attached hydrogens (tertiary/aromatic N) is 2. The second kappa shape index (κ2) is 18.9. The van der Waals surface area contributed by atoms with Crippen molar-refractivity contribution in [1.82, 2.24) is 15.3 Å². The fraction of sp³-hybridized carbons (Fsp3) is 0.516. The van der Waals surface area contributed by atoms with Crippen molar-refractivity contribution in [1.29, 1.82) is 0 Å². The highest BCUT2D eigenvalue weighted by molar-refractivity contribution is 8.02. The van der Waals surface area contributed by atoms with E-state index in [9.17, 15) is 9.90 Å². The van der Waals surface area contributed by atoms with Crippen LogP contribution in [0.3, 0.4) is 0 Å². The molecule has 1 aliphatic heterocycles. The number of nitrogens with one attached hydrogen (secondary N) is 1. The number of hydrogen-bond donors (Lipinski definition) is 3. The van der Waals surface area contributed by atoms with Gasteiger partial charge in [0.2, 0.25) is 0 Å². The normalized spacial score (nSPS) is 18.1. The second-order valence-corrected chi connectivity index (χ2v) is 11.2. The monoisotopic (exact) mass is 572 g/mol. The summed E-state index contributed by atoms with van der Waals surface area (Å²) < 4.78 is 5.48. The van der Waals surface area contributed by atoms with Crippen molar-refractivity contribution in [2.75, 3.05) is 39.5 Å². The minimum atomic E-state index is -0.932. The molecule has 2 rings (SSSR count). The Labute approximate surface area is 244 Å². The van der Waals surface area contributed by atoms with Gasteiger partial charge in [-0.2, -0.15) is 0 Å². The molecule has 1 fully saturated rings. The maximum absolute atomic E-state index is 11.7. The molecule has 1 aromatic rings. The van der Waals surface area contributed by atoms with Crippen molar-refractivity contribution >= 4 is 17.7 Å². The summed E-state index contributed by atoms with van der Waals surface area (Å²) in [6.07, 6.45) is 9.12. The molecule has 3 atom stereocenters. The first-order chi connectivity index (χ1) is 19.2. The molecule has 0 aliphatic carbocycles. The molecule has 0 spiro atoms. The third-order valence-corrected chi connectivity index (χ3v) is 7.40. The van der Waals surface area contributed by atoms with Gasteiger partial charge in [-0.15, -0.1) is 11.8 Å². The largest absolute Gasteiger partial charge is 0.458 e. The van der Waals surface area contributed by atoms with E-state index in [1.54, 1.807) is 11.8 Å². The smallest absolute Gasteiger partial charge is 0.303 e. The molecular weight excluding hydrogens is 524 g/mol. The van der Waals surface area contributed by atoms with Crippen LogP contribution in [-0.2, 0) is 27.3 Å². The number of nitrogens with two attached hydrogens (primary N) is 1. The van der Waals surface area contributed by atoms with E-state index >= 15 is 0 Å². The lowest BCUT2D eigenvalue weighted by Crippen LogP contribution is -2.48. The molecule has 2 unspecified atom stereocenters. The summed E-state index contributed by atoms with van der Waals surface area (Å²) in [5.41, 5.74) is 13.5. The van der Waals surface area contributed by atoms with Crippen LogP contribution in [0.1, 0.15) is 44.2 Å². The summed E-state index contributed by atoms with van der Waals surface area (Å²) in [5, 5.41) is 13.1. The average Bonchev–Trinajstić information content (AvgIpc) is 3.40. The molecule has 0 bridgehead atoms. The molecule has 1 saturated heterocycles. The number of hydroxylamine groups is 1. The number of likely N-dealkylation sites (tertiary alicyclic amines) is 1. The Morgan fingerprint density at radius 1 is 1.32 bits per heavy atom. The number of benzene rings is 1. The number of aliphatic hydroxyl groups is 1. The summed E-state index contributed by atoms with van der Waals surface area (Å²) in [6.45, 7) is 10.0. The average molecular weight is 573 g/mol. The first kappa shape index (κ1) is 33.8. The number of carbonyl (C=O) groups is 1. The first-order valence-corrected chi connectivity index (χ1v) is 15.0. The van der Waals surface area contributed by atoms with Crippen molar-refractivity contribution in [3.63, 3.8) is 0 Å². The number of ether oxygens (including phenoxy) is 1. The lowest BCUT2D eigenvalue weighted by molar-refractivity contribution is -0.165. The molecule has 0 amide bonds. The molecule has 0 saturated carbocycles. The maximum atomic E-state index is 11.7. The fourth-order valence-electron chi connectivity index (χ4n) is 4.67. The highest BCUT2D eigenvalue weighted by Crippen LogP contribution is 2.27. The van der Waals surface area contributed by atoms with Crippen molar-refractivity contribution in [3.8, 4) is 0 Å². The van der Waals surface area contributed by atoms with Crippen LogP contribution in [0.2, 0.25) is 0 Å². The van der Waals surface area contributed by atoms with Gasteiger partial charge in [0.25, 0.3) is 0 Å². The van der Waals surface area contributed by atoms with Gasteiger partial charge in [0.05, 0.1) is 6.61 Å². The number of hydrogen-bond acceptors (Lipinski definition) is 9. The van der Waals surface area contributed by atoms with Crippen LogP contribution in [0, 0.1) is 0 Å². The lowest BCUT2D eigenvalue weighted by atomic mass is 10.0. The fourth-order valence-corrected chi connectivity index (χ4v) is 5.29. The van der Waals surface area contributed by atoms with Gasteiger partial charge >= 0.3 is 5.97 Å². The quantitative estimate of drug-likeness (QED) is 0.104. The lowest BCUT2D eigenvalue weighted by Gasteiger charge is -2.34. The minimum Gasteiger partial charge on any atom is -0.458 e. The Morgan fingerprint density at radius 3 is 2.77 bits per heavy atom. The van der Waals surface area contributed by atoms with E-state index in [0.29, 0.717) is 26.1 Å². The Bertz CT molecular complexity index is 1010. The third kappa shape index (κ3) is 12.4. The number of esters is 1. The number of rotatable bonds is 18. The van der Waals surface area contributed by atoms with Crippen LogP contribution in [0.5, 0.6) is 0 Å². The number of allylic oxidation sites excluding steroid dienone is 4. The van der Waals surface area contributed by atoms with Gasteiger partial charge in [-0.1, -0.05) is 55.1 Å². The summed E-state index contributed by atoms with van der Waals surface area (Å²) in [7, 11) is 4.12. The van der Waals surface area contributed by atoms with Gasteiger partial charge in [-0.3, -0.25) is 9.69 Å². The molecule has 4 N–H and O–H groups in total. The van der Waals surface area contributed by atoms with Crippen molar-refractivity contribution in [2.45, 2.75) is 64.4 Å². The molecule has 40 heavy (non-hydrogen) atoms. The molecule has 1 heterocycles. The predicted octanol–water partition coefficient (Wildman–Crippen LogP) is 4.14. The molecule has 1 aromatic carbocycles. The van der Waals surface area contributed by atoms with E-state index in [0.717, 1.165) is 42.8 Å². The van der Waals surface area contributed by atoms with Crippen LogP contribution in [0.4, 0.5) is 0 Å². The van der Waals surface area contributed by atoms with Gasteiger partial charge in [0.15, 0.2) is 0 Å². The summed E-state index contributed by atoms with van der Waals surface area (Å²) >= 11 is 1.63. The summed E-state index contributed by atoms with van der Waals surface area (Å²) in [5.74, 6) is 0.360. The van der Waals surface area contributed by atoms with Gasteiger partial charge in [0, 0.05) is 56.9 Å². The van der Waals surface area contributed by atoms with E-state index in [2.05, 4.69) is 49.3 Å². The molecule has 8 nitrogen and oxygen atoms in total. The SMILES string of the molecule is C=C(/C=C\C=C/C)C1CCCN1C(O)[C@@H](CCONCCS/C=C(\N)Cc1ccccc1CN(C)C)OC(C)=O. The van der Waals surface area contributed by atoms with Crippen LogP contribution < -0.4 is 11.2 Å². The first-order valence-electron chi connectivity index (χ1n) is 13.9. The van der Waals surface area contributed by atoms with Crippen LogP contribution in [-0.4, -0.2) is 78.8 Å². The Morgan fingerprint density at radius 2 is 2.08 bits per heavy atom. The highest BCUT2D eigenvalue weighted by Gasteiger charge is 2.36. The standard InChI is InChI=1S/C31H48N4O4S/c1-6-7-8-12-24(2)29-15-11-18-35(29)31(37)30(39-25(3)36)16-19-38-33-17-20-40-23-28(32)21-26-13-9-10-14-27(26)22-34(4)5/h6-10,12-14,23,29-31,33,37H,2,11,15-22,32H2,1,3-5H3/b7-6-,12-8-,28-23-/t29?,30-,31?/m1/s1. The molecule has 222 valence electrons. The molecular formula is C31H48N4O4S. The molecule has 9 heteroatoms. The zero-order valence-electron chi connectivity index (χ0n) is 24.6. The highest BCUT2D eigenvalue weighted by atomic mass is 32.2. The number of aliphatic hydroxyl groups excluding tert-OH is 1. The van der Waals surface area contributed by atoms with Crippen molar-refractivity contribution in [2.24, 2.45) is 5.73 Å². The zero-order valence-corrected chi connectivity index (χ0v) is 25.4. The summed E-state index contributed by atoms with van der Waals surface area (Å²) in [6, 6.07) is 8.38. The third-order valence-electron chi connectivity index (χ3n) is 6.49. The van der Waals surface area contributed by atoms with E-state index in [4.69, 9.17) is 15.3 Å². The molecule has 1 aliphatic rings. The second-order valence-electron chi connectivity index (χ2n) is 10.2. The van der Waals surface area contributed by atoms with Gasteiger partial charge in [-0.25, -0.2) is 5.48 Å². The van der Waals surface area contributed by atoms with Crippen molar-refractivity contribution in [3.05, 3.63) is 83.0 Å². The van der Waals surface area contributed by atoms with Gasteiger partial charge in [0.1, 0.15) is 12.3 Å². The van der Waals surface area contributed by atoms with E-state index in [1.165, 1.54) is 18.1 Å². The Kier molecular flexibility index (Phi) is 15.9. The zero-order chi connectivity index (χ0) is 29.3.